The fourth-order valence-corrected chi connectivity index (χ4v) is 3.18. The van der Waals surface area contributed by atoms with Crippen molar-refractivity contribution < 1.29 is 14.7 Å². The molecular formula is C14H22N4O3S. The van der Waals surface area contributed by atoms with Gasteiger partial charge in [0, 0.05) is 19.5 Å². The second-order valence-corrected chi connectivity index (χ2v) is 6.99. The molecule has 0 saturated carbocycles. The van der Waals surface area contributed by atoms with E-state index in [9.17, 15) is 14.7 Å². The van der Waals surface area contributed by atoms with Crippen LogP contribution >= 0.6 is 11.3 Å². The number of aromatic nitrogens is 2. The summed E-state index contributed by atoms with van der Waals surface area (Å²) in [6.07, 6.45) is 4.72. The van der Waals surface area contributed by atoms with E-state index in [1.807, 2.05) is 0 Å². The number of carboxylic acids is 1. The molecule has 1 aromatic rings. The Morgan fingerprint density at radius 3 is 2.82 bits per heavy atom. The maximum atomic E-state index is 12.2. The molecule has 2 heterocycles. The van der Waals surface area contributed by atoms with Crippen LogP contribution in [0.1, 0.15) is 44.5 Å². The smallest absolute Gasteiger partial charge is 0.323 e. The number of hydrogen-bond acceptors (Lipinski definition) is 5. The highest BCUT2D eigenvalue weighted by molar-refractivity contribution is 7.15. The molecule has 2 N–H and O–H groups in total. The molecule has 1 atom stereocenters. The molecule has 22 heavy (non-hydrogen) atoms. The Labute approximate surface area is 133 Å². The largest absolute Gasteiger partial charge is 0.481 e. The molecule has 0 aromatic carbocycles. The topological polar surface area (TPSA) is 95.4 Å². The minimum atomic E-state index is -0.864. The van der Waals surface area contributed by atoms with Crippen LogP contribution in [0.15, 0.2) is 0 Å². The van der Waals surface area contributed by atoms with E-state index in [1.54, 1.807) is 6.92 Å². The van der Waals surface area contributed by atoms with Crippen LogP contribution in [0.25, 0.3) is 0 Å². The van der Waals surface area contributed by atoms with Gasteiger partial charge in [-0.05, 0) is 19.8 Å². The third-order valence-corrected chi connectivity index (χ3v) is 4.85. The quantitative estimate of drug-likeness (QED) is 0.783. The number of nitrogens with zero attached hydrogens (tertiary/aromatic N) is 3. The monoisotopic (exact) mass is 326 g/mol. The van der Waals surface area contributed by atoms with Gasteiger partial charge in [0.15, 0.2) is 0 Å². The summed E-state index contributed by atoms with van der Waals surface area (Å²) in [5.74, 6) is -0.864. The van der Waals surface area contributed by atoms with Gasteiger partial charge in [-0.15, -0.1) is 10.2 Å². The van der Waals surface area contributed by atoms with Gasteiger partial charge in [0.2, 0.25) is 5.13 Å². The van der Waals surface area contributed by atoms with E-state index in [1.165, 1.54) is 16.2 Å². The molecule has 7 nitrogen and oxygen atoms in total. The summed E-state index contributed by atoms with van der Waals surface area (Å²) < 4.78 is 0. The summed E-state index contributed by atoms with van der Waals surface area (Å²) in [5.41, 5.74) is -0.857. The zero-order valence-electron chi connectivity index (χ0n) is 13.0. The Balaban J connectivity index is 1.86. The number of urea groups is 1. The van der Waals surface area contributed by atoms with E-state index in [2.05, 4.69) is 22.4 Å². The first-order valence-electron chi connectivity index (χ1n) is 7.56. The Hall–Kier alpha value is -1.70. The lowest BCUT2D eigenvalue weighted by atomic mass is 9.90. The molecule has 1 aromatic heterocycles. The maximum absolute atomic E-state index is 12.2. The van der Waals surface area contributed by atoms with Crippen molar-refractivity contribution in [2.45, 2.75) is 46.0 Å². The van der Waals surface area contributed by atoms with Gasteiger partial charge in [-0.1, -0.05) is 31.1 Å². The summed E-state index contributed by atoms with van der Waals surface area (Å²) >= 11 is 1.38. The molecule has 122 valence electrons. The first kappa shape index (κ1) is 16.7. The zero-order chi connectivity index (χ0) is 16.2. The van der Waals surface area contributed by atoms with Crippen molar-refractivity contribution in [1.29, 1.82) is 0 Å². The van der Waals surface area contributed by atoms with E-state index >= 15 is 0 Å². The van der Waals surface area contributed by atoms with Crippen LogP contribution in [-0.2, 0) is 11.2 Å². The predicted molar refractivity (Wildman–Crippen MR) is 84.1 cm³/mol. The second kappa shape index (κ2) is 7.04. The molecule has 1 aliphatic rings. The van der Waals surface area contributed by atoms with Crippen molar-refractivity contribution in [2.75, 3.05) is 18.4 Å². The van der Waals surface area contributed by atoms with Gasteiger partial charge in [0.1, 0.15) is 5.01 Å². The highest BCUT2D eigenvalue weighted by Crippen LogP contribution is 2.30. The van der Waals surface area contributed by atoms with Crippen molar-refractivity contribution in [3.05, 3.63) is 5.01 Å². The van der Waals surface area contributed by atoms with Crippen molar-refractivity contribution in [1.82, 2.24) is 15.1 Å². The van der Waals surface area contributed by atoms with Crippen LogP contribution in [-0.4, -0.2) is 45.3 Å². The highest BCUT2D eigenvalue weighted by Gasteiger charge is 2.42. The van der Waals surface area contributed by atoms with E-state index in [0.717, 1.165) is 30.7 Å². The Morgan fingerprint density at radius 1 is 1.41 bits per heavy atom. The molecule has 0 bridgehead atoms. The number of hydrogen-bond donors (Lipinski definition) is 2. The molecule has 2 amide bonds. The number of carbonyl (C=O) groups is 2. The lowest BCUT2D eigenvalue weighted by Gasteiger charge is -2.19. The van der Waals surface area contributed by atoms with E-state index < -0.39 is 11.4 Å². The molecule has 1 unspecified atom stereocenters. The zero-order valence-corrected chi connectivity index (χ0v) is 13.8. The standard InChI is InChI=1S/C14H22N4O3S/c1-3-4-5-6-10-16-17-12(22-10)15-13(21)18-8-7-14(2,9-18)11(19)20/h3-9H2,1-2H3,(H,19,20)(H,15,17,21). The number of aryl methyl sites for hydroxylation is 1. The summed E-state index contributed by atoms with van der Waals surface area (Å²) in [6.45, 7) is 4.47. The lowest BCUT2D eigenvalue weighted by Crippen LogP contribution is -2.37. The van der Waals surface area contributed by atoms with E-state index in [-0.39, 0.29) is 12.6 Å². The first-order valence-corrected chi connectivity index (χ1v) is 8.38. The molecule has 2 rings (SSSR count). The summed E-state index contributed by atoms with van der Waals surface area (Å²) in [7, 11) is 0. The molecule has 0 aliphatic carbocycles. The van der Waals surface area contributed by atoms with Gasteiger partial charge < -0.3 is 10.0 Å². The van der Waals surface area contributed by atoms with Crippen molar-refractivity contribution in [3.8, 4) is 0 Å². The summed E-state index contributed by atoms with van der Waals surface area (Å²) in [6, 6.07) is -0.304. The van der Waals surface area contributed by atoms with Crippen LogP contribution in [0.5, 0.6) is 0 Å². The average Bonchev–Trinajstić information content (AvgIpc) is 3.07. The third-order valence-electron chi connectivity index (χ3n) is 3.95. The second-order valence-electron chi connectivity index (χ2n) is 5.93. The first-order chi connectivity index (χ1) is 10.4. The predicted octanol–water partition coefficient (Wildman–Crippen LogP) is 2.60. The SMILES string of the molecule is CCCCCc1nnc(NC(=O)N2CCC(C)(C(=O)O)C2)s1. The average molecular weight is 326 g/mol. The van der Waals surface area contributed by atoms with Gasteiger partial charge in [-0.3, -0.25) is 10.1 Å². The minimum absolute atomic E-state index is 0.219. The molecule has 0 radical (unpaired) electrons. The van der Waals surface area contributed by atoms with Crippen molar-refractivity contribution >= 4 is 28.5 Å². The molecule has 8 heteroatoms. The highest BCUT2D eigenvalue weighted by atomic mass is 32.1. The van der Waals surface area contributed by atoms with Gasteiger partial charge in [0.05, 0.1) is 5.41 Å². The lowest BCUT2D eigenvalue weighted by molar-refractivity contribution is -0.146. The van der Waals surface area contributed by atoms with Gasteiger partial charge in [0.25, 0.3) is 0 Å². The number of aliphatic carboxylic acids is 1. The van der Waals surface area contributed by atoms with Crippen LogP contribution in [0.3, 0.4) is 0 Å². The van der Waals surface area contributed by atoms with Gasteiger partial charge in [-0.2, -0.15) is 0 Å². The van der Waals surface area contributed by atoms with E-state index in [0.29, 0.717) is 18.1 Å². The number of carboxylic acid groups (broad SMARTS) is 1. The Morgan fingerprint density at radius 2 is 2.18 bits per heavy atom. The van der Waals surface area contributed by atoms with Gasteiger partial charge in [-0.25, -0.2) is 4.79 Å². The number of amides is 2. The molecule has 1 fully saturated rings. The van der Waals surface area contributed by atoms with Crippen LogP contribution in [0.4, 0.5) is 9.93 Å². The van der Waals surface area contributed by atoms with Crippen LogP contribution in [0.2, 0.25) is 0 Å². The maximum Gasteiger partial charge on any atom is 0.323 e. The number of likely N-dealkylation sites (tertiary alicyclic amines) is 1. The normalized spacial score (nSPS) is 21.1. The molecular weight excluding hydrogens is 304 g/mol. The van der Waals surface area contributed by atoms with Crippen molar-refractivity contribution in [3.63, 3.8) is 0 Å². The third kappa shape index (κ3) is 3.94. The van der Waals surface area contributed by atoms with Crippen LogP contribution < -0.4 is 5.32 Å². The number of rotatable bonds is 6. The molecule has 0 spiro atoms. The number of carbonyl (C=O) groups excluding carboxylic acids is 1. The Kier molecular flexibility index (Phi) is 5.33. The summed E-state index contributed by atoms with van der Waals surface area (Å²) in [5, 5.41) is 21.3. The van der Waals surface area contributed by atoms with Gasteiger partial charge >= 0.3 is 12.0 Å². The number of unbranched alkanes of at least 4 members (excludes halogenated alkanes) is 2. The van der Waals surface area contributed by atoms with Crippen LogP contribution in [0, 0.1) is 5.41 Å². The fraction of sp³-hybridized carbons (Fsp3) is 0.714. The Bertz CT molecular complexity index is 548. The summed E-state index contributed by atoms with van der Waals surface area (Å²) in [4.78, 5) is 24.9. The molecule has 1 aliphatic heterocycles. The number of anilines is 1. The number of nitrogens with one attached hydrogen (secondary N) is 1. The van der Waals surface area contributed by atoms with Crippen molar-refractivity contribution in [2.24, 2.45) is 5.41 Å². The van der Waals surface area contributed by atoms with E-state index in [4.69, 9.17) is 0 Å². The fourth-order valence-electron chi connectivity index (χ4n) is 2.41. The molecule has 1 saturated heterocycles. The minimum Gasteiger partial charge on any atom is -0.481 e.